The molecular weight excluding hydrogens is 236 g/mol. The second-order valence-electron chi connectivity index (χ2n) is 4.27. The minimum atomic E-state index is -0.215. The highest BCUT2D eigenvalue weighted by Gasteiger charge is 2.23. The van der Waals surface area contributed by atoms with Gasteiger partial charge in [0.25, 0.3) is 0 Å². The Kier molecular flexibility index (Phi) is 7.00. The molecule has 6 heteroatoms. The molecule has 0 radical (unpaired) electrons. The van der Waals surface area contributed by atoms with Crippen LogP contribution in [0.25, 0.3) is 0 Å². The third kappa shape index (κ3) is 4.80. The molecule has 106 valence electrons. The number of ether oxygens (including phenoxy) is 3. The van der Waals surface area contributed by atoms with Gasteiger partial charge in [-0.2, -0.15) is 0 Å². The van der Waals surface area contributed by atoms with E-state index in [1.165, 1.54) is 0 Å². The Hall–Kier alpha value is -0.850. The van der Waals surface area contributed by atoms with Crippen LogP contribution in [-0.4, -0.2) is 63.8 Å². The van der Waals surface area contributed by atoms with Gasteiger partial charge in [-0.1, -0.05) is 0 Å². The molecule has 0 bridgehead atoms. The molecule has 1 heterocycles. The van der Waals surface area contributed by atoms with Crippen LogP contribution in [0.1, 0.15) is 19.8 Å². The second kappa shape index (κ2) is 8.29. The molecule has 1 fully saturated rings. The number of nitrogens with zero attached hydrogens (tertiary/aromatic N) is 1. The Bertz CT molecular complexity index is 238. The van der Waals surface area contributed by atoms with Gasteiger partial charge < -0.3 is 24.4 Å². The summed E-state index contributed by atoms with van der Waals surface area (Å²) in [5.41, 5.74) is 0. The zero-order valence-corrected chi connectivity index (χ0v) is 11.5. The number of piperidine rings is 1. The zero-order chi connectivity index (χ0) is 13.4. The summed E-state index contributed by atoms with van der Waals surface area (Å²) in [7, 11) is 3.25. The predicted molar refractivity (Wildman–Crippen MR) is 67.4 cm³/mol. The van der Waals surface area contributed by atoms with Crippen LogP contribution in [0.4, 0.5) is 4.79 Å². The Balaban J connectivity index is 2.21. The number of amides is 1. The maximum Gasteiger partial charge on any atom is 0.409 e. The average Bonchev–Trinajstić information content (AvgIpc) is 2.41. The standard InChI is InChI=1S/C12H24N2O4/c1-4-18-12(15)14-7-5-10(6-8-14)13-9-11(16-2)17-3/h10-11,13H,4-9H2,1-3H3. The first-order chi connectivity index (χ1) is 8.71. The van der Waals surface area contributed by atoms with E-state index in [2.05, 4.69) is 5.32 Å². The maximum atomic E-state index is 11.5. The number of methoxy groups -OCH3 is 2. The van der Waals surface area contributed by atoms with Crippen LogP contribution >= 0.6 is 0 Å². The van der Waals surface area contributed by atoms with Crippen molar-refractivity contribution in [3.63, 3.8) is 0 Å². The van der Waals surface area contributed by atoms with Crippen LogP contribution in [-0.2, 0) is 14.2 Å². The minimum absolute atomic E-state index is 0.206. The van der Waals surface area contributed by atoms with Crippen LogP contribution in [0.5, 0.6) is 0 Å². The van der Waals surface area contributed by atoms with Crippen LogP contribution in [0.15, 0.2) is 0 Å². The van der Waals surface area contributed by atoms with E-state index >= 15 is 0 Å². The summed E-state index contributed by atoms with van der Waals surface area (Å²) in [6, 6.07) is 0.406. The van der Waals surface area contributed by atoms with E-state index in [0.717, 1.165) is 25.9 Å². The van der Waals surface area contributed by atoms with Crippen molar-refractivity contribution in [2.24, 2.45) is 0 Å². The molecule has 1 aliphatic rings. The predicted octanol–water partition coefficient (Wildman–Crippen LogP) is 0.816. The minimum Gasteiger partial charge on any atom is -0.450 e. The van der Waals surface area contributed by atoms with Gasteiger partial charge in [0.2, 0.25) is 0 Å². The molecule has 0 saturated carbocycles. The lowest BCUT2D eigenvalue weighted by atomic mass is 10.1. The van der Waals surface area contributed by atoms with Crippen molar-refractivity contribution in [1.29, 1.82) is 0 Å². The molecular formula is C12H24N2O4. The van der Waals surface area contributed by atoms with Gasteiger partial charge in [0.1, 0.15) is 0 Å². The largest absolute Gasteiger partial charge is 0.450 e. The SMILES string of the molecule is CCOC(=O)N1CCC(NCC(OC)OC)CC1. The molecule has 1 aliphatic heterocycles. The molecule has 6 nitrogen and oxygen atoms in total. The van der Waals surface area contributed by atoms with Gasteiger partial charge in [-0.15, -0.1) is 0 Å². The highest BCUT2D eigenvalue weighted by Crippen LogP contribution is 2.11. The monoisotopic (exact) mass is 260 g/mol. The van der Waals surface area contributed by atoms with E-state index in [-0.39, 0.29) is 12.4 Å². The lowest BCUT2D eigenvalue weighted by molar-refractivity contribution is -0.100. The number of likely N-dealkylation sites (tertiary alicyclic amines) is 1. The van der Waals surface area contributed by atoms with E-state index in [0.29, 0.717) is 19.2 Å². The number of carbonyl (C=O) groups excluding carboxylic acids is 1. The van der Waals surface area contributed by atoms with Crippen LogP contribution < -0.4 is 5.32 Å². The number of hydrogen-bond donors (Lipinski definition) is 1. The summed E-state index contributed by atoms with van der Waals surface area (Å²) >= 11 is 0. The van der Waals surface area contributed by atoms with E-state index in [4.69, 9.17) is 14.2 Å². The van der Waals surface area contributed by atoms with Crippen molar-refractivity contribution in [2.75, 3.05) is 40.5 Å². The quantitative estimate of drug-likeness (QED) is 0.716. The molecule has 1 saturated heterocycles. The zero-order valence-electron chi connectivity index (χ0n) is 11.5. The topological polar surface area (TPSA) is 60.0 Å². The number of nitrogens with one attached hydrogen (secondary N) is 1. The Morgan fingerprint density at radius 3 is 2.44 bits per heavy atom. The Labute approximate surface area is 109 Å². The number of hydrogen-bond acceptors (Lipinski definition) is 5. The maximum absolute atomic E-state index is 11.5. The average molecular weight is 260 g/mol. The smallest absolute Gasteiger partial charge is 0.409 e. The highest BCUT2D eigenvalue weighted by atomic mass is 16.7. The summed E-state index contributed by atoms with van der Waals surface area (Å²) in [4.78, 5) is 13.3. The summed E-state index contributed by atoms with van der Waals surface area (Å²) in [6.45, 7) is 4.39. The molecule has 18 heavy (non-hydrogen) atoms. The molecule has 1 amide bonds. The van der Waals surface area contributed by atoms with Crippen molar-refractivity contribution in [3.8, 4) is 0 Å². The molecule has 0 spiro atoms. The fourth-order valence-corrected chi connectivity index (χ4v) is 2.01. The van der Waals surface area contributed by atoms with Gasteiger partial charge in [-0.3, -0.25) is 0 Å². The third-order valence-corrected chi connectivity index (χ3v) is 3.12. The number of carbonyl (C=O) groups is 1. The number of rotatable bonds is 6. The second-order valence-corrected chi connectivity index (χ2v) is 4.27. The van der Waals surface area contributed by atoms with Gasteiger partial charge in [0.05, 0.1) is 6.61 Å². The summed E-state index contributed by atoms with van der Waals surface area (Å²) in [5, 5.41) is 3.39. The van der Waals surface area contributed by atoms with E-state index in [9.17, 15) is 4.79 Å². The van der Waals surface area contributed by atoms with Gasteiger partial charge in [-0.05, 0) is 19.8 Å². The molecule has 0 atom stereocenters. The van der Waals surface area contributed by atoms with E-state index in [1.54, 1.807) is 19.1 Å². The van der Waals surface area contributed by atoms with Crippen molar-refractivity contribution >= 4 is 6.09 Å². The van der Waals surface area contributed by atoms with Crippen molar-refractivity contribution in [2.45, 2.75) is 32.1 Å². The van der Waals surface area contributed by atoms with Crippen LogP contribution in [0.2, 0.25) is 0 Å². The summed E-state index contributed by atoms with van der Waals surface area (Å²) < 4.78 is 15.2. The summed E-state index contributed by atoms with van der Waals surface area (Å²) in [5.74, 6) is 0. The molecule has 0 aliphatic carbocycles. The third-order valence-electron chi connectivity index (χ3n) is 3.12. The molecule has 0 aromatic heterocycles. The van der Waals surface area contributed by atoms with Gasteiger partial charge in [0, 0.05) is 39.9 Å². The Morgan fingerprint density at radius 1 is 1.33 bits per heavy atom. The van der Waals surface area contributed by atoms with Gasteiger partial charge in [0.15, 0.2) is 6.29 Å². The van der Waals surface area contributed by atoms with Crippen LogP contribution in [0, 0.1) is 0 Å². The first kappa shape index (κ1) is 15.2. The molecule has 1 N–H and O–H groups in total. The van der Waals surface area contributed by atoms with Crippen molar-refractivity contribution in [3.05, 3.63) is 0 Å². The normalized spacial score (nSPS) is 17.2. The van der Waals surface area contributed by atoms with E-state index < -0.39 is 0 Å². The highest BCUT2D eigenvalue weighted by molar-refractivity contribution is 5.67. The van der Waals surface area contributed by atoms with Gasteiger partial charge in [-0.25, -0.2) is 4.79 Å². The van der Waals surface area contributed by atoms with Gasteiger partial charge >= 0.3 is 6.09 Å². The van der Waals surface area contributed by atoms with E-state index in [1.807, 2.05) is 6.92 Å². The molecule has 0 aromatic carbocycles. The first-order valence-corrected chi connectivity index (χ1v) is 6.41. The fraction of sp³-hybridized carbons (Fsp3) is 0.917. The lowest BCUT2D eigenvalue weighted by Crippen LogP contribution is -2.47. The molecule has 1 rings (SSSR count). The van der Waals surface area contributed by atoms with Crippen molar-refractivity contribution in [1.82, 2.24) is 10.2 Å². The lowest BCUT2D eigenvalue weighted by Gasteiger charge is -2.32. The fourth-order valence-electron chi connectivity index (χ4n) is 2.01. The molecule has 0 unspecified atom stereocenters. The molecule has 0 aromatic rings. The summed E-state index contributed by atoms with van der Waals surface area (Å²) in [6.07, 6.45) is 1.44. The first-order valence-electron chi connectivity index (χ1n) is 6.41. The van der Waals surface area contributed by atoms with Crippen LogP contribution in [0.3, 0.4) is 0 Å². The Morgan fingerprint density at radius 2 is 1.94 bits per heavy atom. The van der Waals surface area contributed by atoms with Crippen molar-refractivity contribution < 1.29 is 19.0 Å².